The number of aryl methyl sites for hydroxylation is 1. The van der Waals surface area contributed by atoms with Gasteiger partial charge in [0.25, 0.3) is 5.91 Å². The highest BCUT2D eigenvalue weighted by atomic mass is 16.2. The van der Waals surface area contributed by atoms with Gasteiger partial charge in [0, 0.05) is 57.9 Å². The average molecular weight is 367 g/mol. The second-order valence-corrected chi connectivity index (χ2v) is 8.64. The fraction of sp³-hybridized carbons (Fsp3) is 0.500. The van der Waals surface area contributed by atoms with Gasteiger partial charge in [-0.1, -0.05) is 30.3 Å². The molecule has 0 aliphatic carbocycles. The van der Waals surface area contributed by atoms with Gasteiger partial charge in [-0.3, -0.25) is 9.69 Å². The van der Waals surface area contributed by atoms with E-state index in [1.165, 1.54) is 5.56 Å². The zero-order chi connectivity index (χ0) is 19.0. The summed E-state index contributed by atoms with van der Waals surface area (Å²) in [6.45, 7) is 5.87. The van der Waals surface area contributed by atoms with E-state index >= 15 is 0 Å². The zero-order valence-corrected chi connectivity index (χ0v) is 16.6. The number of aromatic nitrogens is 1. The molecule has 144 valence electrons. The molecule has 0 saturated carbocycles. The summed E-state index contributed by atoms with van der Waals surface area (Å²) >= 11 is 0. The van der Waals surface area contributed by atoms with Gasteiger partial charge in [0.2, 0.25) is 0 Å². The molecule has 5 heteroatoms. The van der Waals surface area contributed by atoms with Crippen LogP contribution < -0.4 is 0 Å². The van der Waals surface area contributed by atoms with Crippen molar-refractivity contribution in [3.63, 3.8) is 0 Å². The van der Waals surface area contributed by atoms with E-state index in [9.17, 15) is 4.79 Å². The predicted molar refractivity (Wildman–Crippen MR) is 108 cm³/mol. The fourth-order valence-electron chi connectivity index (χ4n) is 5.11. The summed E-state index contributed by atoms with van der Waals surface area (Å²) in [5.74, 6) is 0.706. The number of rotatable bonds is 5. The molecule has 1 amide bonds. The van der Waals surface area contributed by atoms with Crippen LogP contribution >= 0.6 is 0 Å². The van der Waals surface area contributed by atoms with Crippen LogP contribution in [0.2, 0.25) is 0 Å². The molecule has 2 atom stereocenters. The first-order valence-electron chi connectivity index (χ1n) is 9.78. The first-order valence-corrected chi connectivity index (χ1v) is 9.78. The highest BCUT2D eigenvalue weighted by molar-refractivity contribution is 5.93. The lowest BCUT2D eigenvalue weighted by molar-refractivity contribution is 0.0738. The normalized spacial score (nSPS) is 25.3. The molecule has 1 aromatic carbocycles. The van der Waals surface area contributed by atoms with E-state index < -0.39 is 0 Å². The Morgan fingerprint density at radius 2 is 1.89 bits per heavy atom. The maximum Gasteiger partial charge on any atom is 0.270 e. The number of likely N-dealkylation sites (tertiary alicyclic amines) is 2. The minimum atomic E-state index is 0.166. The van der Waals surface area contributed by atoms with Gasteiger partial charge in [0.05, 0.1) is 0 Å². The van der Waals surface area contributed by atoms with Crippen LogP contribution in [0.25, 0.3) is 0 Å². The summed E-state index contributed by atoms with van der Waals surface area (Å²) in [4.78, 5) is 20.0. The number of carbonyl (C=O) groups is 1. The lowest BCUT2D eigenvalue weighted by Gasteiger charge is -2.32. The van der Waals surface area contributed by atoms with Gasteiger partial charge in [0.1, 0.15) is 5.69 Å². The van der Waals surface area contributed by atoms with Crippen LogP contribution in [0, 0.1) is 11.3 Å². The van der Waals surface area contributed by atoms with Gasteiger partial charge in [-0.25, -0.2) is 0 Å². The predicted octanol–water partition coefficient (Wildman–Crippen LogP) is 2.16. The van der Waals surface area contributed by atoms with E-state index in [0.717, 1.165) is 45.0 Å². The smallest absolute Gasteiger partial charge is 0.270 e. The molecule has 3 heterocycles. The number of carbonyl (C=O) groups excluding carboxylic acids is 1. The van der Waals surface area contributed by atoms with Crippen LogP contribution in [-0.2, 0) is 13.6 Å². The van der Waals surface area contributed by atoms with E-state index in [1.807, 2.05) is 29.9 Å². The third kappa shape index (κ3) is 3.54. The van der Waals surface area contributed by atoms with Crippen molar-refractivity contribution in [1.29, 1.82) is 0 Å². The molecule has 0 spiro atoms. The molecule has 1 aromatic heterocycles. The number of nitrogens with zero attached hydrogens (tertiary/aromatic N) is 4. The second kappa shape index (κ2) is 7.13. The Labute approximate surface area is 162 Å². The summed E-state index contributed by atoms with van der Waals surface area (Å²) in [7, 11) is 6.24. The maximum atomic E-state index is 13.0. The number of amides is 1. The SMILES string of the molecule is CN(C)C[C@@]12CN(Cc3ccccc3)C[C@@H]1CN(C(=O)c1cccn1C)C2. The van der Waals surface area contributed by atoms with Gasteiger partial charge < -0.3 is 14.4 Å². The fourth-order valence-corrected chi connectivity index (χ4v) is 5.11. The highest BCUT2D eigenvalue weighted by Gasteiger charge is 2.53. The van der Waals surface area contributed by atoms with Crippen LogP contribution in [0.4, 0.5) is 0 Å². The Bertz CT molecular complexity index is 800. The molecule has 0 unspecified atom stereocenters. The van der Waals surface area contributed by atoms with Crippen molar-refractivity contribution < 1.29 is 4.79 Å². The van der Waals surface area contributed by atoms with Crippen LogP contribution in [0.5, 0.6) is 0 Å². The largest absolute Gasteiger partial charge is 0.347 e. The number of hydrogen-bond acceptors (Lipinski definition) is 3. The first kappa shape index (κ1) is 18.3. The number of fused-ring (bicyclic) bond motifs is 1. The monoisotopic (exact) mass is 366 g/mol. The average Bonchev–Trinajstić information content (AvgIpc) is 3.26. The summed E-state index contributed by atoms with van der Waals surface area (Å²) in [5.41, 5.74) is 2.32. The highest BCUT2D eigenvalue weighted by Crippen LogP contribution is 2.43. The Kier molecular flexibility index (Phi) is 4.82. The Morgan fingerprint density at radius 1 is 1.11 bits per heavy atom. The molecule has 2 fully saturated rings. The Morgan fingerprint density at radius 3 is 2.56 bits per heavy atom. The van der Waals surface area contributed by atoms with Crippen molar-refractivity contribution in [2.24, 2.45) is 18.4 Å². The van der Waals surface area contributed by atoms with Crippen molar-refractivity contribution >= 4 is 5.91 Å². The van der Waals surface area contributed by atoms with Crippen LogP contribution in [-0.4, -0.2) is 72.0 Å². The van der Waals surface area contributed by atoms with Crippen LogP contribution in [0.3, 0.4) is 0 Å². The first-order chi connectivity index (χ1) is 13.0. The molecule has 2 aliphatic heterocycles. The summed E-state index contributed by atoms with van der Waals surface area (Å²) in [6.07, 6.45) is 1.95. The molecule has 2 aliphatic rings. The van der Waals surface area contributed by atoms with E-state index in [1.54, 1.807) is 0 Å². The second-order valence-electron chi connectivity index (χ2n) is 8.64. The minimum Gasteiger partial charge on any atom is -0.347 e. The molecule has 27 heavy (non-hydrogen) atoms. The van der Waals surface area contributed by atoms with Gasteiger partial charge in [0.15, 0.2) is 0 Å². The van der Waals surface area contributed by atoms with Crippen molar-refractivity contribution in [2.45, 2.75) is 6.54 Å². The topological polar surface area (TPSA) is 31.7 Å². The molecule has 2 saturated heterocycles. The third-order valence-corrected chi connectivity index (χ3v) is 6.16. The summed E-state index contributed by atoms with van der Waals surface area (Å²) < 4.78 is 1.93. The van der Waals surface area contributed by atoms with Gasteiger partial charge in [-0.2, -0.15) is 0 Å². The summed E-state index contributed by atoms with van der Waals surface area (Å²) in [5, 5.41) is 0. The van der Waals surface area contributed by atoms with E-state index in [0.29, 0.717) is 5.92 Å². The van der Waals surface area contributed by atoms with Gasteiger partial charge in [-0.05, 0) is 37.7 Å². The standard InChI is InChI=1S/C22H30N4O/c1-23(2)15-22-16-25(12-18-8-5-4-6-9-18)13-19(22)14-26(17-22)21(27)20-10-7-11-24(20)3/h4-11,19H,12-17H2,1-3H3/t19-,22+/m1/s1. The van der Waals surface area contributed by atoms with Gasteiger partial charge in [-0.15, -0.1) is 0 Å². The van der Waals surface area contributed by atoms with Crippen LogP contribution in [0.1, 0.15) is 16.1 Å². The lowest BCUT2D eigenvalue weighted by atomic mass is 9.80. The summed E-state index contributed by atoms with van der Waals surface area (Å²) in [6, 6.07) is 14.6. The van der Waals surface area contributed by atoms with Crippen molar-refractivity contribution in [2.75, 3.05) is 46.8 Å². The van der Waals surface area contributed by atoms with Crippen molar-refractivity contribution in [3.8, 4) is 0 Å². The van der Waals surface area contributed by atoms with E-state index in [4.69, 9.17) is 0 Å². The molecule has 4 rings (SSSR count). The number of hydrogen-bond donors (Lipinski definition) is 0. The van der Waals surface area contributed by atoms with Crippen molar-refractivity contribution in [3.05, 3.63) is 59.9 Å². The zero-order valence-electron chi connectivity index (χ0n) is 16.6. The maximum absolute atomic E-state index is 13.0. The minimum absolute atomic E-state index is 0.166. The molecule has 0 N–H and O–H groups in total. The lowest BCUT2D eigenvalue weighted by Crippen LogP contribution is -2.43. The van der Waals surface area contributed by atoms with Gasteiger partial charge >= 0.3 is 0 Å². The Balaban J connectivity index is 1.50. The van der Waals surface area contributed by atoms with Crippen LogP contribution in [0.15, 0.2) is 48.7 Å². The molecule has 0 radical (unpaired) electrons. The molecule has 5 nitrogen and oxygen atoms in total. The quantitative estimate of drug-likeness (QED) is 0.813. The Hall–Kier alpha value is -2.11. The molecular weight excluding hydrogens is 336 g/mol. The molecule has 2 aromatic rings. The van der Waals surface area contributed by atoms with E-state index in [2.05, 4.69) is 59.1 Å². The number of benzene rings is 1. The van der Waals surface area contributed by atoms with Crippen molar-refractivity contribution in [1.82, 2.24) is 19.3 Å². The molecule has 0 bridgehead atoms. The third-order valence-electron chi connectivity index (χ3n) is 6.16. The van der Waals surface area contributed by atoms with E-state index in [-0.39, 0.29) is 11.3 Å². The molecular formula is C22H30N4O.